The Bertz CT molecular complexity index is 796. The Balaban J connectivity index is 1.33. The number of carbonyl (C=O) groups excluding carboxylic acids is 2. The summed E-state index contributed by atoms with van der Waals surface area (Å²) in [4.78, 5) is 32.9. The summed E-state index contributed by atoms with van der Waals surface area (Å²) in [6.07, 6.45) is 5.29. The van der Waals surface area contributed by atoms with Crippen LogP contribution in [0.15, 0.2) is 48.7 Å². The molecule has 2 fully saturated rings. The molecule has 0 atom stereocenters. The van der Waals surface area contributed by atoms with E-state index in [2.05, 4.69) is 4.98 Å². The lowest BCUT2D eigenvalue weighted by molar-refractivity contribution is -0.128. The monoisotopic (exact) mass is 363 g/mol. The van der Waals surface area contributed by atoms with E-state index in [9.17, 15) is 9.59 Å². The summed E-state index contributed by atoms with van der Waals surface area (Å²) in [5.74, 6) is 0.852. The van der Waals surface area contributed by atoms with Crippen molar-refractivity contribution in [2.45, 2.75) is 25.7 Å². The van der Waals surface area contributed by atoms with Crippen LogP contribution in [0.4, 0.5) is 0 Å². The smallest absolute Gasteiger partial charge is 0.255 e. The van der Waals surface area contributed by atoms with Crippen LogP contribution in [0.5, 0.6) is 0 Å². The van der Waals surface area contributed by atoms with E-state index < -0.39 is 0 Å². The van der Waals surface area contributed by atoms with Gasteiger partial charge in [-0.15, -0.1) is 0 Å². The first-order chi connectivity index (χ1) is 13.2. The van der Waals surface area contributed by atoms with Crippen LogP contribution in [0.2, 0.25) is 0 Å². The highest BCUT2D eigenvalue weighted by molar-refractivity contribution is 5.94. The van der Waals surface area contributed by atoms with Crippen molar-refractivity contribution in [1.29, 1.82) is 0 Å². The van der Waals surface area contributed by atoms with Gasteiger partial charge in [0.05, 0.1) is 11.3 Å². The van der Waals surface area contributed by atoms with Crippen LogP contribution in [0.1, 0.15) is 36.0 Å². The molecule has 5 heteroatoms. The number of amides is 2. The number of hydrogen-bond donors (Lipinski definition) is 0. The molecule has 0 saturated carbocycles. The predicted molar refractivity (Wildman–Crippen MR) is 104 cm³/mol. The van der Waals surface area contributed by atoms with Gasteiger partial charge in [-0.25, -0.2) is 0 Å². The highest BCUT2D eigenvalue weighted by Crippen LogP contribution is 2.23. The Morgan fingerprint density at radius 1 is 1.04 bits per heavy atom. The Morgan fingerprint density at radius 2 is 1.81 bits per heavy atom. The average molecular weight is 363 g/mol. The molecule has 0 spiro atoms. The Hall–Kier alpha value is -2.69. The van der Waals surface area contributed by atoms with Crippen molar-refractivity contribution in [3.63, 3.8) is 0 Å². The van der Waals surface area contributed by atoms with Crippen molar-refractivity contribution in [3.05, 3.63) is 54.2 Å². The van der Waals surface area contributed by atoms with E-state index in [4.69, 9.17) is 0 Å². The lowest BCUT2D eigenvalue weighted by Crippen LogP contribution is -2.41. The maximum Gasteiger partial charge on any atom is 0.255 e. The number of likely N-dealkylation sites (tertiary alicyclic amines) is 2. The topological polar surface area (TPSA) is 53.5 Å². The van der Waals surface area contributed by atoms with Gasteiger partial charge < -0.3 is 9.80 Å². The third kappa shape index (κ3) is 4.02. The molecule has 140 valence electrons. The molecule has 2 aliphatic rings. The van der Waals surface area contributed by atoms with Gasteiger partial charge in [-0.05, 0) is 37.3 Å². The second kappa shape index (κ2) is 7.91. The molecule has 2 aliphatic heterocycles. The summed E-state index contributed by atoms with van der Waals surface area (Å²) in [6.45, 7) is 3.27. The number of pyridine rings is 1. The molecular weight excluding hydrogens is 338 g/mol. The zero-order chi connectivity index (χ0) is 18.6. The molecule has 1 aromatic heterocycles. The van der Waals surface area contributed by atoms with Gasteiger partial charge in [0.25, 0.3) is 5.91 Å². The van der Waals surface area contributed by atoms with Crippen LogP contribution >= 0.6 is 0 Å². The second-order valence-electron chi connectivity index (χ2n) is 7.48. The lowest BCUT2D eigenvalue weighted by atomic mass is 9.96. The molecule has 2 aromatic rings. The molecule has 0 aliphatic carbocycles. The van der Waals surface area contributed by atoms with Crippen molar-refractivity contribution in [2.75, 3.05) is 26.2 Å². The number of rotatable bonds is 4. The summed E-state index contributed by atoms with van der Waals surface area (Å²) in [6, 6.07) is 13.7. The molecule has 0 radical (unpaired) electrons. The number of nitrogens with zero attached hydrogens (tertiary/aromatic N) is 3. The molecule has 0 N–H and O–H groups in total. The van der Waals surface area contributed by atoms with Crippen LogP contribution in [0, 0.1) is 5.92 Å². The van der Waals surface area contributed by atoms with Crippen LogP contribution in [-0.4, -0.2) is 52.8 Å². The van der Waals surface area contributed by atoms with Crippen molar-refractivity contribution in [1.82, 2.24) is 14.8 Å². The minimum atomic E-state index is 0.0535. The first-order valence-corrected chi connectivity index (χ1v) is 9.79. The van der Waals surface area contributed by atoms with Crippen molar-refractivity contribution < 1.29 is 9.59 Å². The molecule has 4 rings (SSSR count). The minimum absolute atomic E-state index is 0.0535. The maximum atomic E-state index is 12.8. The SMILES string of the molecule is O=C1CCCN1CC1CCN(C(=O)c2ccc(-c3ccccc3)nc2)CC1. The van der Waals surface area contributed by atoms with Crippen LogP contribution in [0.3, 0.4) is 0 Å². The van der Waals surface area contributed by atoms with Crippen molar-refractivity contribution >= 4 is 11.8 Å². The van der Waals surface area contributed by atoms with E-state index in [-0.39, 0.29) is 11.8 Å². The highest BCUT2D eigenvalue weighted by Gasteiger charge is 2.28. The average Bonchev–Trinajstić information content (AvgIpc) is 3.13. The van der Waals surface area contributed by atoms with Crippen LogP contribution in [0.25, 0.3) is 11.3 Å². The number of piperidine rings is 1. The van der Waals surface area contributed by atoms with Crippen LogP contribution in [-0.2, 0) is 4.79 Å². The first kappa shape index (κ1) is 17.7. The molecule has 3 heterocycles. The van der Waals surface area contributed by atoms with E-state index in [1.165, 1.54) is 0 Å². The first-order valence-electron chi connectivity index (χ1n) is 9.79. The molecule has 0 bridgehead atoms. The van der Waals surface area contributed by atoms with E-state index in [0.29, 0.717) is 17.9 Å². The summed E-state index contributed by atoms with van der Waals surface area (Å²) in [7, 11) is 0. The van der Waals surface area contributed by atoms with Crippen molar-refractivity contribution in [2.24, 2.45) is 5.92 Å². The van der Waals surface area contributed by atoms with E-state index in [0.717, 1.165) is 56.7 Å². The largest absolute Gasteiger partial charge is 0.342 e. The predicted octanol–water partition coefficient (Wildman–Crippen LogP) is 3.22. The fourth-order valence-corrected chi connectivity index (χ4v) is 4.01. The van der Waals surface area contributed by atoms with Gasteiger partial charge >= 0.3 is 0 Å². The third-order valence-electron chi connectivity index (χ3n) is 5.63. The van der Waals surface area contributed by atoms with Gasteiger partial charge in [-0.2, -0.15) is 0 Å². The van der Waals surface area contributed by atoms with Gasteiger partial charge in [0.2, 0.25) is 5.91 Å². The van der Waals surface area contributed by atoms with Gasteiger partial charge in [-0.1, -0.05) is 30.3 Å². The van der Waals surface area contributed by atoms with Gasteiger partial charge in [-0.3, -0.25) is 14.6 Å². The molecule has 5 nitrogen and oxygen atoms in total. The van der Waals surface area contributed by atoms with Gasteiger partial charge in [0, 0.05) is 44.4 Å². The Labute approximate surface area is 160 Å². The highest BCUT2D eigenvalue weighted by atomic mass is 16.2. The zero-order valence-corrected chi connectivity index (χ0v) is 15.5. The second-order valence-corrected chi connectivity index (χ2v) is 7.48. The van der Waals surface area contributed by atoms with Gasteiger partial charge in [0.1, 0.15) is 0 Å². The minimum Gasteiger partial charge on any atom is -0.342 e. The number of hydrogen-bond acceptors (Lipinski definition) is 3. The normalized spacial score (nSPS) is 18.1. The van der Waals surface area contributed by atoms with Crippen molar-refractivity contribution in [3.8, 4) is 11.3 Å². The molecule has 0 unspecified atom stereocenters. The molecular formula is C22H25N3O2. The standard InChI is InChI=1S/C22H25N3O2/c26-21-7-4-12-25(21)16-17-10-13-24(14-11-17)22(27)19-8-9-20(23-15-19)18-5-2-1-3-6-18/h1-3,5-6,8-9,15,17H,4,7,10-14,16H2. The Kier molecular flexibility index (Phi) is 5.19. The number of carbonyl (C=O) groups is 2. The summed E-state index contributed by atoms with van der Waals surface area (Å²) >= 11 is 0. The molecule has 2 amide bonds. The van der Waals surface area contributed by atoms with E-state index in [1.54, 1.807) is 6.20 Å². The fourth-order valence-electron chi connectivity index (χ4n) is 4.01. The zero-order valence-electron chi connectivity index (χ0n) is 15.5. The van der Waals surface area contributed by atoms with Crippen LogP contribution < -0.4 is 0 Å². The summed E-state index contributed by atoms with van der Waals surface area (Å²) in [5.41, 5.74) is 2.57. The fraction of sp³-hybridized carbons (Fsp3) is 0.409. The molecule has 1 aromatic carbocycles. The number of benzene rings is 1. The molecule has 27 heavy (non-hydrogen) atoms. The summed E-state index contributed by atoms with van der Waals surface area (Å²) < 4.78 is 0. The third-order valence-corrected chi connectivity index (χ3v) is 5.63. The maximum absolute atomic E-state index is 12.8. The summed E-state index contributed by atoms with van der Waals surface area (Å²) in [5, 5.41) is 0. The van der Waals surface area contributed by atoms with E-state index in [1.807, 2.05) is 52.3 Å². The molecule has 2 saturated heterocycles. The quantitative estimate of drug-likeness (QED) is 0.838. The van der Waals surface area contributed by atoms with E-state index >= 15 is 0 Å². The van der Waals surface area contributed by atoms with Gasteiger partial charge in [0.15, 0.2) is 0 Å². The lowest BCUT2D eigenvalue weighted by Gasteiger charge is -2.34. The Morgan fingerprint density at radius 3 is 2.44 bits per heavy atom. The number of aromatic nitrogens is 1.